The van der Waals surface area contributed by atoms with Crippen molar-refractivity contribution in [2.24, 2.45) is 0 Å². The lowest BCUT2D eigenvalue weighted by molar-refractivity contribution is -0.0472. The summed E-state index contributed by atoms with van der Waals surface area (Å²) in [5.41, 5.74) is 6.58. The van der Waals surface area contributed by atoms with Gasteiger partial charge in [0, 0.05) is 5.92 Å². The first kappa shape index (κ1) is 17.0. The van der Waals surface area contributed by atoms with Crippen molar-refractivity contribution in [3.63, 3.8) is 0 Å². The first-order valence-corrected chi connectivity index (χ1v) is 11.2. The molecule has 0 saturated carbocycles. The van der Waals surface area contributed by atoms with Crippen molar-refractivity contribution in [1.29, 1.82) is 0 Å². The summed E-state index contributed by atoms with van der Waals surface area (Å²) < 4.78 is 7.10. The van der Waals surface area contributed by atoms with E-state index in [4.69, 9.17) is 4.74 Å². The van der Waals surface area contributed by atoms with Gasteiger partial charge in [0.05, 0.1) is 4.32 Å². The van der Waals surface area contributed by atoms with Crippen LogP contribution in [-0.4, -0.2) is 0 Å². The van der Waals surface area contributed by atoms with Crippen molar-refractivity contribution in [1.82, 2.24) is 0 Å². The number of halogens is 1. The van der Waals surface area contributed by atoms with Crippen LogP contribution in [0.15, 0.2) is 109 Å². The molecule has 2 bridgehead atoms. The predicted octanol–water partition coefficient (Wildman–Crippen LogP) is 6.61. The van der Waals surface area contributed by atoms with Crippen LogP contribution in [0.1, 0.15) is 39.3 Å². The fraction of sp³-hybridized carbons (Fsp3) is 0.143. The Kier molecular flexibility index (Phi) is 3.13. The third-order valence-corrected chi connectivity index (χ3v) is 8.83. The van der Waals surface area contributed by atoms with E-state index >= 15 is 0 Å². The molecule has 0 aromatic heterocycles. The molecule has 2 heteroatoms. The molecule has 4 atom stereocenters. The van der Waals surface area contributed by atoms with Crippen LogP contribution in [0.5, 0.6) is 0 Å². The Balaban J connectivity index is 1.66. The van der Waals surface area contributed by atoms with Gasteiger partial charge in [0.2, 0.25) is 0 Å². The van der Waals surface area contributed by atoms with Gasteiger partial charge in [-0.05, 0) is 33.4 Å². The minimum atomic E-state index is -0.584. The van der Waals surface area contributed by atoms with Gasteiger partial charge in [-0.1, -0.05) is 125 Å². The lowest BCUT2D eigenvalue weighted by atomic mass is 9.50. The minimum absolute atomic E-state index is 0.193. The number of rotatable bonds is 2. The Labute approximate surface area is 184 Å². The summed E-state index contributed by atoms with van der Waals surface area (Å²) in [5, 5.41) is 0. The van der Waals surface area contributed by atoms with Gasteiger partial charge in [0.25, 0.3) is 0 Å². The van der Waals surface area contributed by atoms with Gasteiger partial charge in [-0.25, -0.2) is 0 Å². The Morgan fingerprint density at radius 3 is 1.80 bits per heavy atom. The van der Waals surface area contributed by atoms with E-state index in [0.717, 1.165) is 0 Å². The molecular formula is C28H19BrO. The molecule has 3 aliphatic rings. The smallest absolute Gasteiger partial charge is 0.140 e. The van der Waals surface area contributed by atoms with E-state index in [1.807, 2.05) is 0 Å². The maximum Gasteiger partial charge on any atom is 0.140 e. The summed E-state index contributed by atoms with van der Waals surface area (Å²) in [4.78, 5) is 0. The summed E-state index contributed by atoms with van der Waals surface area (Å²) in [5.74, 6) is 0.193. The number of ether oxygens (including phenoxy) is 1. The van der Waals surface area contributed by atoms with E-state index in [1.165, 1.54) is 33.4 Å². The van der Waals surface area contributed by atoms with Crippen LogP contribution in [0, 0.1) is 0 Å². The topological polar surface area (TPSA) is 9.23 Å². The minimum Gasteiger partial charge on any atom is -0.347 e. The fourth-order valence-electron chi connectivity index (χ4n) is 6.38. The largest absolute Gasteiger partial charge is 0.347 e. The first-order chi connectivity index (χ1) is 14.7. The Bertz CT molecular complexity index is 1300. The van der Waals surface area contributed by atoms with Crippen molar-refractivity contribution in [3.8, 4) is 0 Å². The molecule has 0 radical (unpaired) electrons. The monoisotopic (exact) mass is 450 g/mol. The molecule has 2 aliphatic heterocycles. The zero-order chi connectivity index (χ0) is 20.0. The van der Waals surface area contributed by atoms with Crippen LogP contribution in [0.25, 0.3) is 0 Å². The van der Waals surface area contributed by atoms with Crippen molar-refractivity contribution in [3.05, 3.63) is 143 Å². The van der Waals surface area contributed by atoms with Crippen LogP contribution in [-0.2, 0) is 20.3 Å². The number of benzene rings is 4. The molecule has 1 saturated heterocycles. The summed E-state index contributed by atoms with van der Waals surface area (Å²) in [7, 11) is 0. The van der Waals surface area contributed by atoms with Crippen molar-refractivity contribution >= 4 is 15.9 Å². The lowest BCUT2D eigenvalue weighted by Crippen LogP contribution is -2.54. The molecule has 0 unspecified atom stereocenters. The highest BCUT2D eigenvalue weighted by atomic mass is 79.9. The van der Waals surface area contributed by atoms with Crippen molar-refractivity contribution in [2.45, 2.75) is 21.4 Å². The Hall–Kier alpha value is -2.68. The van der Waals surface area contributed by atoms with Gasteiger partial charge in [0.1, 0.15) is 11.2 Å². The second-order valence-corrected chi connectivity index (χ2v) is 9.78. The zero-order valence-corrected chi connectivity index (χ0v) is 17.8. The van der Waals surface area contributed by atoms with Gasteiger partial charge in [-0.3, -0.25) is 0 Å². The van der Waals surface area contributed by atoms with E-state index < -0.39 is 11.2 Å². The number of fused-ring (bicyclic) bond motifs is 11. The highest BCUT2D eigenvalue weighted by molar-refractivity contribution is 9.09. The van der Waals surface area contributed by atoms with Crippen LogP contribution in [0.4, 0.5) is 0 Å². The number of hydrogen-bond donors (Lipinski definition) is 0. The van der Waals surface area contributed by atoms with E-state index in [2.05, 4.69) is 125 Å². The standard InChI is InChI=1S/C28H19BrO/c29-27-22-16-8-7-15-21(22)25(27)26(19-11-3-1-4-12-19)23-17-9-10-18-24(23)28(27,30-26)20-13-5-2-6-14-20/h1-18,25H/t25-,26-,27+,28-/m0/s1. The van der Waals surface area contributed by atoms with Crippen molar-refractivity contribution in [2.75, 3.05) is 0 Å². The van der Waals surface area contributed by atoms with E-state index in [1.54, 1.807) is 0 Å². The number of alkyl halides is 1. The van der Waals surface area contributed by atoms with Crippen LogP contribution >= 0.6 is 15.9 Å². The normalized spacial score (nSPS) is 32.1. The maximum absolute atomic E-state index is 7.42. The summed E-state index contributed by atoms with van der Waals surface area (Å²) in [6.07, 6.45) is 0. The average molecular weight is 451 g/mol. The van der Waals surface area contributed by atoms with Crippen molar-refractivity contribution < 1.29 is 4.74 Å². The SMILES string of the molecule is Br[C@]12c3ccccc3[C@H]1[C@@]1(c3ccccc3)O[C@@]2(c2ccccc2)c2ccccc21. The molecular weight excluding hydrogens is 432 g/mol. The molecule has 1 fully saturated rings. The van der Waals surface area contributed by atoms with Crippen LogP contribution in [0.3, 0.4) is 0 Å². The summed E-state index contributed by atoms with van der Waals surface area (Å²) in [6.45, 7) is 0. The van der Waals surface area contributed by atoms with E-state index in [9.17, 15) is 0 Å². The third-order valence-electron chi connectivity index (χ3n) is 7.38. The second-order valence-electron chi connectivity index (χ2n) is 8.53. The second kappa shape index (κ2) is 5.51. The fourth-order valence-corrected chi connectivity index (χ4v) is 7.83. The highest BCUT2D eigenvalue weighted by Crippen LogP contribution is 2.83. The van der Waals surface area contributed by atoms with Gasteiger partial charge >= 0.3 is 0 Å². The molecule has 30 heavy (non-hydrogen) atoms. The van der Waals surface area contributed by atoms with E-state index in [-0.39, 0.29) is 10.2 Å². The van der Waals surface area contributed by atoms with Gasteiger partial charge in [0.15, 0.2) is 0 Å². The Morgan fingerprint density at radius 1 is 0.567 bits per heavy atom. The van der Waals surface area contributed by atoms with Crippen LogP contribution in [0.2, 0.25) is 0 Å². The Morgan fingerprint density at radius 2 is 1.10 bits per heavy atom. The van der Waals surface area contributed by atoms with E-state index in [0.29, 0.717) is 0 Å². The third kappa shape index (κ3) is 1.61. The quantitative estimate of drug-likeness (QED) is 0.312. The van der Waals surface area contributed by atoms with Gasteiger partial charge < -0.3 is 4.74 Å². The first-order valence-electron chi connectivity index (χ1n) is 10.4. The molecule has 4 aromatic carbocycles. The molecule has 2 heterocycles. The summed E-state index contributed by atoms with van der Waals surface area (Å²) >= 11 is 4.32. The zero-order valence-electron chi connectivity index (χ0n) is 16.3. The molecule has 1 nitrogen and oxygen atoms in total. The summed E-state index contributed by atoms with van der Waals surface area (Å²) in [6, 6.07) is 39.1. The molecule has 0 N–H and O–H groups in total. The molecule has 7 rings (SSSR count). The molecule has 1 aliphatic carbocycles. The molecule has 0 amide bonds. The number of hydrogen-bond acceptors (Lipinski definition) is 1. The molecule has 144 valence electrons. The molecule has 0 spiro atoms. The average Bonchev–Trinajstić information content (AvgIpc) is 3.23. The van der Waals surface area contributed by atoms with Gasteiger partial charge in [-0.15, -0.1) is 0 Å². The lowest BCUT2D eigenvalue weighted by Gasteiger charge is -2.55. The van der Waals surface area contributed by atoms with Crippen LogP contribution < -0.4 is 0 Å². The highest BCUT2D eigenvalue weighted by Gasteiger charge is 2.82. The maximum atomic E-state index is 7.42. The molecule has 4 aromatic rings. The predicted molar refractivity (Wildman–Crippen MR) is 122 cm³/mol. The van der Waals surface area contributed by atoms with Gasteiger partial charge in [-0.2, -0.15) is 0 Å².